The summed E-state index contributed by atoms with van der Waals surface area (Å²) in [5, 5.41) is 5.51. The number of halogens is 1. The summed E-state index contributed by atoms with van der Waals surface area (Å²) in [5.74, 6) is 2.22. The summed E-state index contributed by atoms with van der Waals surface area (Å²) < 4.78 is 23.3. The first-order valence-corrected chi connectivity index (χ1v) is 12.5. The van der Waals surface area contributed by atoms with E-state index in [1.165, 1.54) is 6.33 Å². The van der Waals surface area contributed by atoms with Gasteiger partial charge in [-0.3, -0.25) is 4.90 Å². The molecule has 2 atom stereocenters. The number of hydrogen-bond donors (Lipinski definition) is 1. The van der Waals surface area contributed by atoms with Gasteiger partial charge in [-0.15, -0.1) is 0 Å². The number of piperidine rings is 1. The summed E-state index contributed by atoms with van der Waals surface area (Å²) in [6.45, 7) is 9.89. The molecule has 0 bridgehead atoms. The van der Waals surface area contributed by atoms with Gasteiger partial charge in [0.05, 0.1) is 11.4 Å². The number of benzene rings is 2. The van der Waals surface area contributed by atoms with Crippen LogP contribution in [0.15, 0.2) is 60.9 Å². The second kappa shape index (κ2) is 9.50. The van der Waals surface area contributed by atoms with Gasteiger partial charge in [-0.25, -0.2) is 19.0 Å². The highest BCUT2D eigenvalue weighted by Crippen LogP contribution is 2.37. The predicted octanol–water partition coefficient (Wildman–Crippen LogP) is 5.89. The SMILES string of the molecule is CC(C)C(C)(C)N1CCC(n2nc(-c3ccc(Oc4ccccc4)cc3)c3c(N)ncnc32)C(F)C1. The first-order chi connectivity index (χ1) is 17.3. The summed E-state index contributed by atoms with van der Waals surface area (Å²) in [4.78, 5) is 10.9. The molecule has 0 saturated carbocycles. The number of hydrogen-bond acceptors (Lipinski definition) is 6. The van der Waals surface area contributed by atoms with Crippen molar-refractivity contribution in [1.82, 2.24) is 24.6 Å². The Labute approximate surface area is 211 Å². The molecule has 5 rings (SSSR count). The quantitative estimate of drug-likeness (QED) is 0.365. The van der Waals surface area contributed by atoms with Crippen LogP contribution in [0, 0.1) is 5.92 Å². The van der Waals surface area contributed by atoms with Gasteiger partial charge in [0.25, 0.3) is 0 Å². The Hall–Kier alpha value is -3.52. The number of nitrogens with zero attached hydrogens (tertiary/aromatic N) is 5. The number of ether oxygens (including phenoxy) is 1. The summed E-state index contributed by atoms with van der Waals surface area (Å²) >= 11 is 0. The van der Waals surface area contributed by atoms with Crippen molar-refractivity contribution in [3.8, 4) is 22.8 Å². The Bertz CT molecular complexity index is 1340. The fourth-order valence-electron chi connectivity index (χ4n) is 4.79. The van der Waals surface area contributed by atoms with Gasteiger partial charge < -0.3 is 10.5 Å². The van der Waals surface area contributed by atoms with E-state index < -0.39 is 12.2 Å². The van der Waals surface area contributed by atoms with E-state index in [4.69, 9.17) is 15.6 Å². The summed E-state index contributed by atoms with van der Waals surface area (Å²) in [6.07, 6.45) is 0.979. The lowest BCUT2D eigenvalue weighted by Gasteiger charge is -2.46. The molecule has 0 radical (unpaired) electrons. The van der Waals surface area contributed by atoms with E-state index in [1.807, 2.05) is 54.6 Å². The molecule has 3 heterocycles. The second-order valence-corrected chi connectivity index (χ2v) is 10.3. The largest absolute Gasteiger partial charge is 0.457 e. The number of alkyl halides is 1. The van der Waals surface area contributed by atoms with Crippen LogP contribution in [0.3, 0.4) is 0 Å². The predicted molar refractivity (Wildman–Crippen MR) is 141 cm³/mol. The standard InChI is InChI=1S/C28H33FN6O/c1-18(2)28(3,4)34-15-14-23(22(29)16-34)35-27-24(26(30)31-17-32-27)25(33-35)19-10-12-21(13-11-19)36-20-8-6-5-7-9-20/h5-13,17-18,22-23H,14-16H2,1-4H3,(H2,30,31,32). The van der Waals surface area contributed by atoms with E-state index in [0.717, 1.165) is 17.9 Å². The Morgan fingerprint density at radius 1 is 1.03 bits per heavy atom. The first kappa shape index (κ1) is 24.2. The Balaban J connectivity index is 1.46. The van der Waals surface area contributed by atoms with Gasteiger partial charge in [-0.1, -0.05) is 32.0 Å². The summed E-state index contributed by atoms with van der Waals surface area (Å²) in [7, 11) is 0. The van der Waals surface area contributed by atoms with Gasteiger partial charge in [0.15, 0.2) is 5.65 Å². The fourth-order valence-corrected chi connectivity index (χ4v) is 4.79. The number of para-hydroxylation sites is 1. The monoisotopic (exact) mass is 488 g/mol. The molecule has 0 aliphatic carbocycles. The molecule has 188 valence electrons. The molecule has 1 fully saturated rings. The fraction of sp³-hybridized carbons (Fsp3) is 0.393. The minimum atomic E-state index is -1.08. The van der Waals surface area contributed by atoms with Crippen molar-refractivity contribution >= 4 is 16.9 Å². The molecular formula is C28H33FN6O. The van der Waals surface area contributed by atoms with Crippen LogP contribution in [0.5, 0.6) is 11.5 Å². The lowest BCUT2D eigenvalue weighted by molar-refractivity contribution is 0.000455. The number of anilines is 1. The maximum absolute atomic E-state index is 15.7. The molecule has 4 aromatic rings. The Kier molecular flexibility index (Phi) is 6.38. The van der Waals surface area contributed by atoms with Crippen LogP contribution in [-0.2, 0) is 0 Å². The van der Waals surface area contributed by atoms with Crippen molar-refractivity contribution in [1.29, 1.82) is 0 Å². The van der Waals surface area contributed by atoms with E-state index in [1.54, 1.807) is 4.68 Å². The molecule has 2 unspecified atom stereocenters. The lowest BCUT2D eigenvalue weighted by Crippen LogP contribution is -2.54. The van der Waals surface area contributed by atoms with Gasteiger partial charge in [0.2, 0.25) is 0 Å². The zero-order valence-corrected chi connectivity index (χ0v) is 21.2. The number of aromatic nitrogens is 4. The average molecular weight is 489 g/mol. The average Bonchev–Trinajstić information content (AvgIpc) is 3.26. The minimum Gasteiger partial charge on any atom is -0.457 e. The zero-order valence-electron chi connectivity index (χ0n) is 21.2. The van der Waals surface area contributed by atoms with Crippen molar-refractivity contribution in [3.05, 3.63) is 60.9 Å². The molecule has 0 amide bonds. The highest BCUT2D eigenvalue weighted by atomic mass is 19.1. The maximum Gasteiger partial charge on any atom is 0.164 e. The minimum absolute atomic E-state index is 0.0805. The first-order valence-electron chi connectivity index (χ1n) is 12.5. The third-order valence-corrected chi connectivity index (χ3v) is 7.67. The van der Waals surface area contributed by atoms with Gasteiger partial charge in [0.1, 0.15) is 35.5 Å². The van der Waals surface area contributed by atoms with E-state index >= 15 is 4.39 Å². The van der Waals surface area contributed by atoms with Crippen LogP contribution in [-0.4, -0.2) is 49.4 Å². The Morgan fingerprint density at radius 2 is 1.72 bits per heavy atom. The van der Waals surface area contributed by atoms with Crippen molar-refractivity contribution in [2.75, 3.05) is 18.8 Å². The number of rotatable bonds is 6. The topological polar surface area (TPSA) is 82.1 Å². The third-order valence-electron chi connectivity index (χ3n) is 7.67. The lowest BCUT2D eigenvalue weighted by atomic mass is 9.86. The van der Waals surface area contributed by atoms with Crippen LogP contribution >= 0.6 is 0 Å². The highest BCUT2D eigenvalue weighted by Gasteiger charge is 2.39. The number of nitrogens with two attached hydrogens (primary N) is 1. The normalized spacial score (nSPS) is 19.2. The van der Waals surface area contributed by atoms with Crippen LogP contribution in [0.25, 0.3) is 22.3 Å². The molecule has 2 N–H and O–H groups in total. The molecule has 2 aromatic carbocycles. The smallest absolute Gasteiger partial charge is 0.164 e. The summed E-state index contributed by atoms with van der Waals surface area (Å²) in [6, 6.07) is 16.8. The number of likely N-dealkylation sites (tertiary alicyclic amines) is 1. The third kappa shape index (κ3) is 4.41. The molecule has 1 saturated heterocycles. The van der Waals surface area contributed by atoms with Crippen LogP contribution in [0.1, 0.15) is 40.2 Å². The van der Waals surface area contributed by atoms with E-state index in [-0.39, 0.29) is 5.54 Å². The molecule has 8 heteroatoms. The number of nitrogen functional groups attached to an aromatic ring is 1. The van der Waals surface area contributed by atoms with Crippen LogP contribution < -0.4 is 10.5 Å². The van der Waals surface area contributed by atoms with Gasteiger partial charge in [0, 0.05) is 24.2 Å². The molecule has 7 nitrogen and oxygen atoms in total. The van der Waals surface area contributed by atoms with Gasteiger partial charge in [-0.05, 0) is 62.6 Å². The molecule has 36 heavy (non-hydrogen) atoms. The molecule has 1 aliphatic rings. The van der Waals surface area contributed by atoms with Gasteiger partial charge in [-0.2, -0.15) is 5.10 Å². The molecule has 2 aromatic heterocycles. The van der Waals surface area contributed by atoms with Gasteiger partial charge >= 0.3 is 0 Å². The number of fused-ring (bicyclic) bond motifs is 1. The summed E-state index contributed by atoms with van der Waals surface area (Å²) in [5.41, 5.74) is 8.25. The van der Waals surface area contributed by atoms with Crippen molar-refractivity contribution in [2.45, 2.75) is 51.9 Å². The van der Waals surface area contributed by atoms with E-state index in [9.17, 15) is 0 Å². The van der Waals surface area contributed by atoms with E-state index in [2.05, 4.69) is 42.6 Å². The zero-order chi connectivity index (χ0) is 25.4. The van der Waals surface area contributed by atoms with Crippen LogP contribution in [0.4, 0.5) is 10.2 Å². The molecule has 1 aliphatic heterocycles. The van der Waals surface area contributed by atoms with Crippen molar-refractivity contribution < 1.29 is 9.13 Å². The Morgan fingerprint density at radius 3 is 2.39 bits per heavy atom. The van der Waals surface area contributed by atoms with E-state index in [0.29, 0.717) is 47.2 Å². The van der Waals surface area contributed by atoms with Crippen molar-refractivity contribution in [2.24, 2.45) is 5.92 Å². The molecule has 0 spiro atoms. The van der Waals surface area contributed by atoms with Crippen molar-refractivity contribution in [3.63, 3.8) is 0 Å². The molecular weight excluding hydrogens is 455 g/mol. The maximum atomic E-state index is 15.7. The second-order valence-electron chi connectivity index (χ2n) is 10.3. The van der Waals surface area contributed by atoms with Crippen LogP contribution in [0.2, 0.25) is 0 Å². The highest BCUT2D eigenvalue weighted by molar-refractivity contribution is 5.98.